The van der Waals surface area contributed by atoms with E-state index < -0.39 is 17.5 Å². The maximum atomic E-state index is 12.7. The van der Waals surface area contributed by atoms with Gasteiger partial charge in [0.05, 0.1) is 5.54 Å². The van der Waals surface area contributed by atoms with Crippen LogP contribution < -0.4 is 10.0 Å². The van der Waals surface area contributed by atoms with Gasteiger partial charge >= 0.3 is 6.09 Å². The molecule has 0 saturated carbocycles. The fraction of sp³-hybridized carbons (Fsp3) is 0.588. The minimum absolute atomic E-state index is 0.0929. The number of para-hydroxylation sites is 1. The summed E-state index contributed by atoms with van der Waals surface area (Å²) >= 11 is -1.20. The van der Waals surface area contributed by atoms with E-state index in [1.807, 2.05) is 39.0 Å². The molecular weight excluding hydrogens is 326 g/mol. The zero-order chi connectivity index (χ0) is 17.5. The maximum absolute atomic E-state index is 12.7. The first-order valence-electron chi connectivity index (χ1n) is 8.26. The molecule has 1 unspecified atom stereocenters. The molecule has 0 aliphatic carbocycles. The Balaban J connectivity index is 1.87. The van der Waals surface area contributed by atoms with Crippen LogP contribution in [0.25, 0.3) is 0 Å². The van der Waals surface area contributed by atoms with Crippen LogP contribution in [0.1, 0.15) is 45.2 Å². The van der Waals surface area contributed by atoms with Gasteiger partial charge in [0.25, 0.3) is 0 Å². The summed E-state index contributed by atoms with van der Waals surface area (Å²) in [5.74, 6) is 0. The number of anilines is 1. The molecule has 0 bridgehead atoms. The second kappa shape index (κ2) is 6.13. The molecule has 2 aliphatic heterocycles. The van der Waals surface area contributed by atoms with Gasteiger partial charge in [0.15, 0.2) is 0 Å². The molecule has 2 aliphatic rings. The van der Waals surface area contributed by atoms with Gasteiger partial charge in [-0.05, 0) is 45.2 Å². The van der Waals surface area contributed by atoms with Crippen molar-refractivity contribution < 1.29 is 14.5 Å². The van der Waals surface area contributed by atoms with Crippen molar-refractivity contribution in [2.75, 3.05) is 18.4 Å². The Morgan fingerprint density at radius 1 is 1.38 bits per heavy atom. The molecule has 132 valence electrons. The van der Waals surface area contributed by atoms with E-state index in [4.69, 9.17) is 0 Å². The fourth-order valence-electron chi connectivity index (χ4n) is 3.47. The van der Waals surface area contributed by atoms with Gasteiger partial charge < -0.3 is 19.9 Å². The van der Waals surface area contributed by atoms with Gasteiger partial charge in [-0.2, -0.15) is 0 Å². The number of carbonyl (C=O) groups is 1. The van der Waals surface area contributed by atoms with Crippen molar-refractivity contribution in [1.82, 2.24) is 9.62 Å². The fourth-order valence-corrected chi connectivity index (χ4v) is 4.39. The Morgan fingerprint density at radius 3 is 2.58 bits per heavy atom. The van der Waals surface area contributed by atoms with E-state index in [0.29, 0.717) is 25.9 Å². The molecule has 1 fully saturated rings. The second-order valence-electron chi connectivity index (χ2n) is 7.57. The SMILES string of the molecule is CC(C)(C)[S+]([O-])N[C@H]1c2ccccc2NC12CCN(C(=O)O)CC2. The van der Waals surface area contributed by atoms with Crippen LogP contribution in [0.4, 0.5) is 10.5 Å². The monoisotopic (exact) mass is 351 g/mol. The van der Waals surface area contributed by atoms with Crippen LogP contribution in [0.3, 0.4) is 0 Å². The van der Waals surface area contributed by atoms with Crippen LogP contribution in [-0.2, 0) is 11.4 Å². The summed E-state index contributed by atoms with van der Waals surface area (Å²) in [6, 6.07) is 7.96. The van der Waals surface area contributed by atoms with Gasteiger partial charge in [0.1, 0.15) is 10.8 Å². The van der Waals surface area contributed by atoms with Gasteiger partial charge in [-0.25, -0.2) is 4.79 Å². The smallest absolute Gasteiger partial charge is 0.407 e. The zero-order valence-corrected chi connectivity index (χ0v) is 15.2. The summed E-state index contributed by atoms with van der Waals surface area (Å²) in [5, 5.41) is 12.8. The molecule has 2 atom stereocenters. The number of piperidine rings is 1. The third-order valence-electron chi connectivity index (χ3n) is 4.92. The first-order valence-corrected chi connectivity index (χ1v) is 9.41. The van der Waals surface area contributed by atoms with Crippen LogP contribution in [-0.4, -0.2) is 44.0 Å². The number of rotatable bonds is 2. The van der Waals surface area contributed by atoms with Gasteiger partial charge in [0, 0.05) is 30.1 Å². The molecule has 6 nitrogen and oxygen atoms in total. The van der Waals surface area contributed by atoms with E-state index in [2.05, 4.69) is 16.1 Å². The van der Waals surface area contributed by atoms with Crippen molar-refractivity contribution in [2.24, 2.45) is 0 Å². The van der Waals surface area contributed by atoms with Crippen molar-refractivity contribution in [3.63, 3.8) is 0 Å². The Bertz CT molecular complexity index is 624. The van der Waals surface area contributed by atoms with E-state index >= 15 is 0 Å². The number of carboxylic acid groups (broad SMARTS) is 1. The van der Waals surface area contributed by atoms with Crippen LogP contribution in [0.5, 0.6) is 0 Å². The molecule has 3 rings (SSSR count). The average Bonchev–Trinajstić information content (AvgIpc) is 2.80. The molecular formula is C17H25N3O3S. The lowest BCUT2D eigenvalue weighted by atomic mass is 9.81. The minimum atomic E-state index is -1.20. The third kappa shape index (κ3) is 3.08. The molecule has 1 spiro atoms. The lowest BCUT2D eigenvalue weighted by Crippen LogP contribution is -2.56. The summed E-state index contributed by atoms with van der Waals surface area (Å²) in [5.41, 5.74) is 1.86. The normalized spacial score (nSPS) is 23.7. The summed E-state index contributed by atoms with van der Waals surface area (Å²) in [6.07, 6.45) is 0.503. The van der Waals surface area contributed by atoms with Crippen LogP contribution in [0, 0.1) is 0 Å². The Labute approximate surface area is 145 Å². The number of amides is 1. The summed E-state index contributed by atoms with van der Waals surface area (Å²) in [4.78, 5) is 12.7. The quantitative estimate of drug-likeness (QED) is 0.713. The van der Waals surface area contributed by atoms with E-state index in [1.54, 1.807) is 0 Å². The van der Waals surface area contributed by atoms with Crippen molar-refractivity contribution in [2.45, 2.75) is 49.9 Å². The number of benzene rings is 1. The van der Waals surface area contributed by atoms with Crippen molar-refractivity contribution in [3.05, 3.63) is 29.8 Å². The van der Waals surface area contributed by atoms with E-state index in [-0.39, 0.29) is 16.3 Å². The highest BCUT2D eigenvalue weighted by Crippen LogP contribution is 2.47. The number of nitrogens with one attached hydrogen (secondary N) is 2. The topological polar surface area (TPSA) is 87.7 Å². The molecule has 2 heterocycles. The highest BCUT2D eigenvalue weighted by Gasteiger charge is 2.50. The summed E-state index contributed by atoms with van der Waals surface area (Å²) < 4.78 is 15.7. The largest absolute Gasteiger partial charge is 0.598 e. The first kappa shape index (κ1) is 17.4. The highest BCUT2D eigenvalue weighted by atomic mass is 32.2. The summed E-state index contributed by atoms with van der Waals surface area (Å²) in [7, 11) is 0. The molecule has 0 aromatic heterocycles. The van der Waals surface area contributed by atoms with Crippen LogP contribution in [0.15, 0.2) is 24.3 Å². The predicted octanol–water partition coefficient (Wildman–Crippen LogP) is 2.72. The van der Waals surface area contributed by atoms with Gasteiger partial charge in [-0.3, -0.25) is 0 Å². The van der Waals surface area contributed by atoms with Crippen LogP contribution in [0.2, 0.25) is 0 Å². The predicted molar refractivity (Wildman–Crippen MR) is 95.4 cm³/mol. The maximum Gasteiger partial charge on any atom is 0.407 e. The minimum Gasteiger partial charge on any atom is -0.598 e. The highest BCUT2D eigenvalue weighted by molar-refractivity contribution is 7.90. The molecule has 1 aromatic rings. The van der Waals surface area contributed by atoms with Crippen molar-refractivity contribution in [3.8, 4) is 0 Å². The number of hydrogen-bond acceptors (Lipinski definition) is 4. The van der Waals surface area contributed by atoms with E-state index in [0.717, 1.165) is 11.3 Å². The Morgan fingerprint density at radius 2 is 2.00 bits per heavy atom. The number of hydrogen-bond donors (Lipinski definition) is 3. The Kier molecular flexibility index (Phi) is 4.44. The van der Waals surface area contributed by atoms with Gasteiger partial charge in [0.2, 0.25) is 0 Å². The van der Waals surface area contributed by atoms with E-state index in [9.17, 15) is 14.5 Å². The first-order chi connectivity index (χ1) is 11.2. The molecule has 1 aromatic carbocycles. The summed E-state index contributed by atoms with van der Waals surface area (Å²) in [6.45, 7) is 6.81. The molecule has 3 N–H and O–H groups in total. The second-order valence-corrected chi connectivity index (χ2v) is 9.57. The van der Waals surface area contributed by atoms with Crippen molar-refractivity contribution >= 4 is 23.1 Å². The van der Waals surface area contributed by atoms with E-state index in [1.165, 1.54) is 4.90 Å². The number of fused-ring (bicyclic) bond motifs is 1. The molecule has 0 radical (unpaired) electrons. The zero-order valence-electron chi connectivity index (χ0n) is 14.3. The standard InChI is InChI=1S/C17H25N3O3S/c1-16(2,3)24(23)19-14-12-6-4-5-7-13(12)18-17(14)8-10-20(11-9-17)15(21)22/h4-7,14,18-19H,8-11H2,1-3H3,(H,21,22)/t14-,24?/m0/s1. The lowest BCUT2D eigenvalue weighted by molar-refractivity contribution is 0.116. The van der Waals surface area contributed by atoms with Gasteiger partial charge in [-0.15, -0.1) is 4.72 Å². The third-order valence-corrected chi connectivity index (χ3v) is 6.48. The molecule has 24 heavy (non-hydrogen) atoms. The lowest BCUT2D eigenvalue weighted by Gasteiger charge is -2.43. The molecule has 1 saturated heterocycles. The van der Waals surface area contributed by atoms with Crippen molar-refractivity contribution in [1.29, 1.82) is 0 Å². The number of nitrogens with zero attached hydrogens (tertiary/aromatic N) is 1. The van der Waals surface area contributed by atoms with Gasteiger partial charge in [-0.1, -0.05) is 18.2 Å². The molecule has 1 amide bonds. The molecule has 7 heteroatoms. The average molecular weight is 351 g/mol. The van der Waals surface area contributed by atoms with Crippen LogP contribution >= 0.6 is 0 Å². The number of likely N-dealkylation sites (tertiary alicyclic amines) is 1. The Hall–Kier alpha value is -1.44.